The Hall–Kier alpha value is -1.36. The molecule has 2 aromatic rings. The van der Waals surface area contributed by atoms with Crippen LogP contribution < -0.4 is 10.6 Å². The van der Waals surface area contributed by atoms with Gasteiger partial charge in [-0.1, -0.05) is 18.2 Å². The quantitative estimate of drug-likeness (QED) is 0.829. The summed E-state index contributed by atoms with van der Waals surface area (Å²) < 4.78 is 0. The van der Waals surface area contributed by atoms with Crippen LogP contribution in [0.5, 0.6) is 0 Å². The lowest BCUT2D eigenvalue weighted by Gasteiger charge is -2.09. The number of fused-ring (bicyclic) bond motifs is 1. The lowest BCUT2D eigenvalue weighted by molar-refractivity contribution is 0.0955. The summed E-state index contributed by atoms with van der Waals surface area (Å²) in [6, 6.07) is 9.57. The van der Waals surface area contributed by atoms with Gasteiger partial charge in [-0.15, -0.1) is 24.8 Å². The fourth-order valence-electron chi connectivity index (χ4n) is 2.06. The zero-order chi connectivity index (χ0) is 13.7. The van der Waals surface area contributed by atoms with Gasteiger partial charge in [0, 0.05) is 17.6 Å². The van der Waals surface area contributed by atoms with Crippen molar-refractivity contribution in [2.45, 2.75) is 13.3 Å². The Labute approximate surface area is 137 Å². The summed E-state index contributed by atoms with van der Waals surface area (Å²) in [5.41, 5.74) is 2.43. The molecule has 0 saturated heterocycles. The number of rotatable bonds is 5. The molecule has 6 heteroatoms. The molecule has 0 unspecified atom stereocenters. The first-order valence-corrected chi connectivity index (χ1v) is 6.51. The van der Waals surface area contributed by atoms with E-state index in [0.29, 0.717) is 12.1 Å². The molecule has 4 nitrogen and oxygen atoms in total. The van der Waals surface area contributed by atoms with E-state index in [9.17, 15) is 4.79 Å². The molecule has 1 aromatic heterocycles. The minimum absolute atomic E-state index is 0. The summed E-state index contributed by atoms with van der Waals surface area (Å²) in [5.74, 6) is -0.0298. The van der Waals surface area contributed by atoms with Crippen LogP contribution in [0.3, 0.4) is 0 Å². The summed E-state index contributed by atoms with van der Waals surface area (Å²) in [4.78, 5) is 16.7. The summed E-state index contributed by atoms with van der Waals surface area (Å²) in [5, 5.41) is 6.91. The van der Waals surface area contributed by atoms with Gasteiger partial charge in [-0.3, -0.25) is 9.78 Å². The van der Waals surface area contributed by atoms with Crippen molar-refractivity contribution in [1.29, 1.82) is 0 Å². The van der Waals surface area contributed by atoms with Gasteiger partial charge in [-0.2, -0.15) is 0 Å². The first kappa shape index (κ1) is 19.6. The molecule has 0 aliphatic carbocycles. The number of aryl methyl sites for hydroxylation is 1. The molecule has 0 bridgehead atoms. The Morgan fingerprint density at radius 2 is 1.90 bits per heavy atom. The Morgan fingerprint density at radius 1 is 1.19 bits per heavy atom. The minimum atomic E-state index is -0.0298. The molecular weight excluding hydrogens is 309 g/mol. The number of aromatic nitrogens is 1. The lowest BCUT2D eigenvalue weighted by atomic mass is 10.1. The van der Waals surface area contributed by atoms with Gasteiger partial charge in [0.1, 0.15) is 0 Å². The molecule has 1 amide bonds. The van der Waals surface area contributed by atoms with E-state index < -0.39 is 0 Å². The second-order valence-corrected chi connectivity index (χ2v) is 4.54. The SMILES string of the molecule is CNCCCNC(=O)c1cc(C)nc2ccccc12.Cl.Cl. The molecule has 21 heavy (non-hydrogen) atoms. The number of pyridine rings is 1. The van der Waals surface area contributed by atoms with E-state index in [4.69, 9.17) is 0 Å². The Balaban J connectivity index is 0.00000200. The summed E-state index contributed by atoms with van der Waals surface area (Å²) in [6.45, 7) is 3.48. The van der Waals surface area contributed by atoms with E-state index in [0.717, 1.165) is 29.6 Å². The smallest absolute Gasteiger partial charge is 0.252 e. The van der Waals surface area contributed by atoms with E-state index in [1.165, 1.54) is 0 Å². The van der Waals surface area contributed by atoms with Crippen LogP contribution >= 0.6 is 24.8 Å². The third-order valence-corrected chi connectivity index (χ3v) is 2.98. The van der Waals surface area contributed by atoms with Crippen LogP contribution in [0, 0.1) is 6.92 Å². The van der Waals surface area contributed by atoms with Gasteiger partial charge in [0.25, 0.3) is 5.91 Å². The van der Waals surface area contributed by atoms with Crippen molar-refractivity contribution in [2.75, 3.05) is 20.1 Å². The van der Waals surface area contributed by atoms with E-state index in [1.54, 1.807) is 0 Å². The highest BCUT2D eigenvalue weighted by Gasteiger charge is 2.10. The first-order chi connectivity index (χ1) is 9.22. The fraction of sp³-hybridized carbons (Fsp3) is 0.333. The van der Waals surface area contributed by atoms with Gasteiger partial charge < -0.3 is 10.6 Å². The second-order valence-electron chi connectivity index (χ2n) is 4.54. The van der Waals surface area contributed by atoms with E-state index in [1.807, 2.05) is 44.3 Å². The average Bonchev–Trinajstić information content (AvgIpc) is 2.42. The van der Waals surface area contributed by atoms with Gasteiger partial charge in [-0.05, 0) is 39.1 Å². The van der Waals surface area contributed by atoms with Crippen LogP contribution in [0.1, 0.15) is 22.5 Å². The predicted octanol–water partition coefficient (Wildman–Crippen LogP) is 2.73. The van der Waals surface area contributed by atoms with Crippen LogP contribution in [0.4, 0.5) is 0 Å². The highest BCUT2D eigenvalue weighted by atomic mass is 35.5. The monoisotopic (exact) mass is 329 g/mol. The second kappa shape index (κ2) is 9.55. The molecule has 0 aliphatic heterocycles. The van der Waals surface area contributed by atoms with Gasteiger partial charge in [-0.25, -0.2) is 0 Å². The lowest BCUT2D eigenvalue weighted by Crippen LogP contribution is -2.26. The molecule has 0 atom stereocenters. The normalized spacial score (nSPS) is 9.62. The highest BCUT2D eigenvalue weighted by Crippen LogP contribution is 2.17. The van der Waals surface area contributed by atoms with Crippen LogP contribution in [0.25, 0.3) is 10.9 Å². The fourth-order valence-corrected chi connectivity index (χ4v) is 2.06. The number of halogens is 2. The van der Waals surface area contributed by atoms with Crippen molar-refractivity contribution in [1.82, 2.24) is 15.6 Å². The highest BCUT2D eigenvalue weighted by molar-refractivity contribution is 6.06. The maximum absolute atomic E-state index is 12.2. The summed E-state index contributed by atoms with van der Waals surface area (Å²) in [6.07, 6.45) is 0.921. The molecule has 116 valence electrons. The molecular formula is C15H21Cl2N3O. The summed E-state index contributed by atoms with van der Waals surface area (Å²) >= 11 is 0. The molecule has 1 heterocycles. The maximum atomic E-state index is 12.2. The number of benzene rings is 1. The van der Waals surface area contributed by atoms with Crippen LogP contribution in [-0.4, -0.2) is 31.0 Å². The maximum Gasteiger partial charge on any atom is 0.252 e. The van der Waals surface area contributed by atoms with Crippen molar-refractivity contribution < 1.29 is 4.79 Å². The first-order valence-electron chi connectivity index (χ1n) is 6.51. The number of amides is 1. The van der Waals surface area contributed by atoms with E-state index in [-0.39, 0.29) is 30.7 Å². The minimum Gasteiger partial charge on any atom is -0.352 e. The number of carbonyl (C=O) groups excluding carboxylic acids is 1. The van der Waals surface area contributed by atoms with Crippen molar-refractivity contribution in [3.63, 3.8) is 0 Å². The average molecular weight is 330 g/mol. The third kappa shape index (κ3) is 5.16. The van der Waals surface area contributed by atoms with Crippen LogP contribution in [0.2, 0.25) is 0 Å². The predicted molar refractivity (Wildman–Crippen MR) is 91.9 cm³/mol. The largest absolute Gasteiger partial charge is 0.352 e. The third-order valence-electron chi connectivity index (χ3n) is 2.98. The zero-order valence-electron chi connectivity index (χ0n) is 12.2. The van der Waals surface area contributed by atoms with E-state index in [2.05, 4.69) is 15.6 Å². The number of nitrogens with one attached hydrogen (secondary N) is 2. The number of carbonyl (C=O) groups is 1. The van der Waals surface area contributed by atoms with E-state index >= 15 is 0 Å². The Bertz CT molecular complexity index is 590. The molecule has 0 radical (unpaired) electrons. The summed E-state index contributed by atoms with van der Waals surface area (Å²) in [7, 11) is 1.90. The Kier molecular flexibility index (Phi) is 8.93. The number of nitrogens with zero attached hydrogens (tertiary/aromatic N) is 1. The van der Waals surface area contributed by atoms with Crippen molar-refractivity contribution in [3.8, 4) is 0 Å². The number of hydrogen-bond donors (Lipinski definition) is 2. The van der Waals surface area contributed by atoms with Crippen molar-refractivity contribution in [3.05, 3.63) is 41.6 Å². The molecule has 0 aliphatic rings. The van der Waals surface area contributed by atoms with Gasteiger partial charge >= 0.3 is 0 Å². The van der Waals surface area contributed by atoms with Crippen molar-refractivity contribution in [2.24, 2.45) is 0 Å². The molecule has 0 saturated carbocycles. The molecule has 0 fully saturated rings. The van der Waals surface area contributed by atoms with Crippen molar-refractivity contribution >= 4 is 41.6 Å². The van der Waals surface area contributed by atoms with Gasteiger partial charge in [0.15, 0.2) is 0 Å². The van der Waals surface area contributed by atoms with Gasteiger partial charge in [0.05, 0.1) is 11.1 Å². The molecule has 2 N–H and O–H groups in total. The Morgan fingerprint density at radius 3 is 2.62 bits per heavy atom. The zero-order valence-corrected chi connectivity index (χ0v) is 13.8. The van der Waals surface area contributed by atoms with Crippen LogP contribution in [0.15, 0.2) is 30.3 Å². The molecule has 1 aromatic carbocycles. The number of para-hydroxylation sites is 1. The number of hydrogen-bond acceptors (Lipinski definition) is 3. The topological polar surface area (TPSA) is 54.0 Å². The molecule has 0 spiro atoms. The molecule has 2 rings (SSSR count). The standard InChI is InChI=1S/C15H19N3O.2ClH/c1-11-10-13(15(19)17-9-5-8-16-2)12-6-3-4-7-14(12)18-11;;/h3-4,6-7,10,16H,5,8-9H2,1-2H3,(H,17,19);2*1H. The van der Waals surface area contributed by atoms with Crippen LogP contribution in [-0.2, 0) is 0 Å². The van der Waals surface area contributed by atoms with Gasteiger partial charge in [0.2, 0.25) is 0 Å².